The zero-order valence-corrected chi connectivity index (χ0v) is 13.8. The molecule has 0 spiro atoms. The summed E-state index contributed by atoms with van der Waals surface area (Å²) < 4.78 is 10.6. The molecule has 0 saturated carbocycles. The van der Waals surface area contributed by atoms with Crippen LogP contribution < -0.4 is 14.9 Å². The van der Waals surface area contributed by atoms with Crippen LogP contribution in [0.1, 0.15) is 12.5 Å². The number of phenolic OH excluding ortho intramolecular Hbond substituents is 1. The molecular weight excluding hydrogens is 332 g/mol. The highest BCUT2D eigenvalue weighted by Crippen LogP contribution is 2.26. The Kier molecular flexibility index (Phi) is 6.45. The summed E-state index contributed by atoms with van der Waals surface area (Å²) in [6, 6.07) is 11.5. The third kappa shape index (κ3) is 5.48. The number of hydrogen-bond donors (Lipinski definition) is 2. The van der Waals surface area contributed by atoms with Gasteiger partial charge < -0.3 is 14.6 Å². The van der Waals surface area contributed by atoms with Gasteiger partial charge in [-0.3, -0.25) is 4.79 Å². The average Bonchev–Trinajstić information content (AvgIpc) is 2.56. The summed E-state index contributed by atoms with van der Waals surface area (Å²) in [6.45, 7) is 2.07. The Labute approximate surface area is 144 Å². The van der Waals surface area contributed by atoms with E-state index < -0.39 is 5.91 Å². The minimum absolute atomic E-state index is 0.0490. The molecule has 126 valence electrons. The maximum absolute atomic E-state index is 11.7. The lowest BCUT2D eigenvalue weighted by atomic mass is 10.2. The van der Waals surface area contributed by atoms with Crippen LogP contribution in [0.4, 0.5) is 0 Å². The van der Waals surface area contributed by atoms with Gasteiger partial charge in [-0.05, 0) is 48.9 Å². The van der Waals surface area contributed by atoms with E-state index in [4.69, 9.17) is 21.1 Å². The highest BCUT2D eigenvalue weighted by atomic mass is 35.5. The fraction of sp³-hybridized carbons (Fsp3) is 0.176. The first-order valence-corrected chi connectivity index (χ1v) is 7.62. The summed E-state index contributed by atoms with van der Waals surface area (Å²) in [5.41, 5.74) is 3.02. The van der Waals surface area contributed by atoms with Crippen molar-refractivity contribution in [3.05, 3.63) is 53.1 Å². The summed E-state index contributed by atoms with van der Waals surface area (Å²) in [5.74, 6) is 0.501. The first kappa shape index (κ1) is 17.6. The number of hydrogen-bond acceptors (Lipinski definition) is 5. The predicted octanol–water partition coefficient (Wildman–Crippen LogP) is 2.97. The topological polar surface area (TPSA) is 80.2 Å². The third-order valence-corrected chi connectivity index (χ3v) is 3.09. The Hall–Kier alpha value is -2.73. The van der Waals surface area contributed by atoms with Crippen LogP contribution in [0.2, 0.25) is 5.02 Å². The number of carbonyl (C=O) groups excluding carboxylic acids is 1. The summed E-state index contributed by atoms with van der Waals surface area (Å²) in [6.07, 6.45) is 1.44. The first-order chi connectivity index (χ1) is 11.6. The summed E-state index contributed by atoms with van der Waals surface area (Å²) in [5, 5.41) is 14.0. The van der Waals surface area contributed by atoms with Gasteiger partial charge in [0.15, 0.2) is 18.1 Å². The van der Waals surface area contributed by atoms with E-state index in [2.05, 4.69) is 10.5 Å². The molecule has 1 amide bonds. The Morgan fingerprint density at radius 3 is 2.88 bits per heavy atom. The fourth-order valence-electron chi connectivity index (χ4n) is 1.80. The molecule has 0 unspecified atom stereocenters. The van der Waals surface area contributed by atoms with Gasteiger partial charge in [0.25, 0.3) is 5.91 Å². The van der Waals surface area contributed by atoms with Crippen molar-refractivity contribution in [2.75, 3.05) is 13.2 Å². The monoisotopic (exact) mass is 348 g/mol. The highest BCUT2D eigenvalue weighted by Gasteiger charge is 2.03. The molecule has 0 radical (unpaired) electrons. The summed E-state index contributed by atoms with van der Waals surface area (Å²) in [7, 11) is 0. The normalized spacial score (nSPS) is 10.6. The lowest BCUT2D eigenvalue weighted by Gasteiger charge is -2.06. The lowest BCUT2D eigenvalue weighted by molar-refractivity contribution is -0.123. The Balaban J connectivity index is 1.85. The molecule has 0 atom stereocenters. The summed E-state index contributed by atoms with van der Waals surface area (Å²) >= 11 is 5.83. The Morgan fingerprint density at radius 2 is 2.12 bits per heavy atom. The van der Waals surface area contributed by atoms with Gasteiger partial charge in [-0.15, -0.1) is 0 Å². The van der Waals surface area contributed by atoms with Crippen LogP contribution in [0.25, 0.3) is 0 Å². The number of aromatic hydroxyl groups is 1. The number of hydrazone groups is 1. The molecular formula is C17H17ClN2O4. The SMILES string of the molecule is CCOc1cc(/C=N/NC(=O)COc2cccc(Cl)c2)ccc1O. The van der Waals surface area contributed by atoms with E-state index >= 15 is 0 Å². The van der Waals surface area contributed by atoms with Crippen molar-refractivity contribution in [3.63, 3.8) is 0 Å². The minimum Gasteiger partial charge on any atom is -0.504 e. The van der Waals surface area contributed by atoms with Crippen LogP contribution in [-0.2, 0) is 4.79 Å². The van der Waals surface area contributed by atoms with Crippen molar-refractivity contribution in [2.45, 2.75) is 6.92 Å². The van der Waals surface area contributed by atoms with Crippen LogP contribution in [0.15, 0.2) is 47.6 Å². The molecule has 6 nitrogen and oxygen atoms in total. The molecule has 24 heavy (non-hydrogen) atoms. The molecule has 7 heteroatoms. The number of benzene rings is 2. The Morgan fingerprint density at radius 1 is 1.29 bits per heavy atom. The van der Waals surface area contributed by atoms with Gasteiger partial charge in [0.2, 0.25) is 0 Å². The lowest BCUT2D eigenvalue weighted by Crippen LogP contribution is -2.24. The maximum atomic E-state index is 11.7. The molecule has 0 bridgehead atoms. The molecule has 2 aromatic carbocycles. The van der Waals surface area contributed by atoms with Crippen molar-refractivity contribution in [2.24, 2.45) is 5.10 Å². The number of amides is 1. The van der Waals surface area contributed by atoms with Gasteiger partial charge >= 0.3 is 0 Å². The molecule has 0 saturated heterocycles. The van der Waals surface area contributed by atoms with Gasteiger partial charge in [-0.2, -0.15) is 5.10 Å². The zero-order valence-electron chi connectivity index (χ0n) is 13.0. The van der Waals surface area contributed by atoms with Crippen molar-refractivity contribution < 1.29 is 19.4 Å². The number of nitrogens with one attached hydrogen (secondary N) is 1. The number of carbonyl (C=O) groups is 1. The molecule has 0 heterocycles. The average molecular weight is 349 g/mol. The number of ether oxygens (including phenoxy) is 2. The molecule has 0 fully saturated rings. The van der Waals surface area contributed by atoms with Gasteiger partial charge in [0, 0.05) is 5.02 Å². The van der Waals surface area contributed by atoms with E-state index in [0.29, 0.717) is 28.7 Å². The predicted molar refractivity (Wildman–Crippen MR) is 92.0 cm³/mol. The molecule has 0 aliphatic carbocycles. The Bertz CT molecular complexity index is 734. The van der Waals surface area contributed by atoms with Crippen molar-refractivity contribution in [3.8, 4) is 17.2 Å². The second-order valence-corrected chi connectivity index (χ2v) is 5.14. The van der Waals surface area contributed by atoms with E-state index in [-0.39, 0.29) is 12.4 Å². The molecule has 0 aromatic heterocycles. The molecule has 0 aliphatic rings. The van der Waals surface area contributed by atoms with Gasteiger partial charge in [0.05, 0.1) is 12.8 Å². The zero-order chi connectivity index (χ0) is 17.4. The smallest absolute Gasteiger partial charge is 0.277 e. The van der Waals surface area contributed by atoms with E-state index in [1.165, 1.54) is 12.3 Å². The van der Waals surface area contributed by atoms with Crippen LogP contribution >= 0.6 is 11.6 Å². The third-order valence-electron chi connectivity index (χ3n) is 2.85. The van der Waals surface area contributed by atoms with Crippen LogP contribution in [0.5, 0.6) is 17.2 Å². The largest absolute Gasteiger partial charge is 0.504 e. The summed E-state index contributed by atoms with van der Waals surface area (Å²) in [4.78, 5) is 11.7. The molecule has 0 aliphatic heterocycles. The quantitative estimate of drug-likeness (QED) is 0.595. The van der Waals surface area contributed by atoms with Crippen molar-refractivity contribution in [1.29, 1.82) is 0 Å². The van der Waals surface area contributed by atoms with Gasteiger partial charge in [0.1, 0.15) is 5.75 Å². The number of halogens is 1. The van der Waals surface area contributed by atoms with E-state index in [1.54, 1.807) is 36.4 Å². The molecule has 2 aromatic rings. The van der Waals surface area contributed by atoms with Gasteiger partial charge in [-0.1, -0.05) is 17.7 Å². The second-order valence-electron chi connectivity index (χ2n) is 4.70. The minimum atomic E-state index is -0.407. The van der Waals surface area contributed by atoms with Gasteiger partial charge in [-0.25, -0.2) is 5.43 Å². The number of rotatable bonds is 7. The first-order valence-electron chi connectivity index (χ1n) is 7.24. The maximum Gasteiger partial charge on any atom is 0.277 e. The number of phenols is 1. The number of nitrogens with zero attached hydrogens (tertiary/aromatic N) is 1. The van der Waals surface area contributed by atoms with E-state index in [0.717, 1.165) is 0 Å². The highest BCUT2D eigenvalue weighted by molar-refractivity contribution is 6.30. The molecule has 2 N–H and O–H groups in total. The van der Waals surface area contributed by atoms with Crippen LogP contribution in [0, 0.1) is 0 Å². The van der Waals surface area contributed by atoms with E-state index in [9.17, 15) is 9.90 Å². The second kappa shape index (κ2) is 8.79. The van der Waals surface area contributed by atoms with Crippen molar-refractivity contribution >= 4 is 23.7 Å². The van der Waals surface area contributed by atoms with E-state index in [1.807, 2.05) is 6.92 Å². The molecule has 2 rings (SSSR count). The van der Waals surface area contributed by atoms with Crippen molar-refractivity contribution in [1.82, 2.24) is 5.43 Å². The van der Waals surface area contributed by atoms with Crippen LogP contribution in [-0.4, -0.2) is 30.4 Å². The fourth-order valence-corrected chi connectivity index (χ4v) is 1.98. The standard InChI is InChI=1S/C17H17ClN2O4/c1-2-23-16-8-12(6-7-15(16)21)10-19-20-17(22)11-24-14-5-3-4-13(18)9-14/h3-10,21H,2,11H2,1H3,(H,20,22)/b19-10+. The van der Waals surface area contributed by atoms with Crippen LogP contribution in [0.3, 0.4) is 0 Å².